The second-order valence-corrected chi connectivity index (χ2v) is 6.92. The van der Waals surface area contributed by atoms with E-state index in [0.717, 1.165) is 12.1 Å². The van der Waals surface area contributed by atoms with E-state index < -0.39 is 0 Å². The maximum absolute atomic E-state index is 6.26. The first-order valence-corrected chi connectivity index (χ1v) is 9.27. The van der Waals surface area contributed by atoms with E-state index in [4.69, 9.17) is 11.6 Å². The van der Waals surface area contributed by atoms with Crippen LogP contribution in [0, 0.1) is 0 Å². The molecule has 1 aliphatic carbocycles. The van der Waals surface area contributed by atoms with Crippen LogP contribution in [0.2, 0.25) is 5.02 Å². The monoisotopic (exact) mass is 368 g/mol. The number of halogens is 1. The third kappa shape index (κ3) is 3.80. The molecule has 1 fully saturated rings. The summed E-state index contributed by atoms with van der Waals surface area (Å²) in [6, 6.07) is 12.4. The molecule has 0 bridgehead atoms. The Morgan fingerprint density at radius 3 is 2.81 bits per heavy atom. The van der Waals surface area contributed by atoms with Gasteiger partial charge in [0.2, 0.25) is 5.95 Å². The molecule has 1 unspecified atom stereocenters. The highest BCUT2D eigenvalue weighted by atomic mass is 35.5. The Bertz CT molecular complexity index is 875. The maximum atomic E-state index is 6.26. The fourth-order valence-electron chi connectivity index (χ4n) is 2.91. The van der Waals surface area contributed by atoms with Gasteiger partial charge in [-0.15, -0.1) is 0 Å². The summed E-state index contributed by atoms with van der Waals surface area (Å²) in [7, 11) is 0. The molecule has 6 nitrogen and oxygen atoms in total. The van der Waals surface area contributed by atoms with Crippen LogP contribution in [0.15, 0.2) is 42.6 Å². The van der Waals surface area contributed by atoms with Gasteiger partial charge in [0.1, 0.15) is 5.02 Å². The molecule has 0 spiro atoms. The molecule has 4 rings (SSSR count). The molecule has 2 aromatic heterocycles. The second-order valence-electron chi connectivity index (χ2n) is 6.51. The fourth-order valence-corrected chi connectivity index (χ4v) is 3.05. The first kappa shape index (κ1) is 16.8. The first-order chi connectivity index (χ1) is 12.7. The molecule has 0 saturated heterocycles. The van der Waals surface area contributed by atoms with Crippen LogP contribution in [0.1, 0.15) is 49.4 Å². The third-order valence-electron chi connectivity index (χ3n) is 4.52. The van der Waals surface area contributed by atoms with E-state index in [-0.39, 0.29) is 6.04 Å². The Morgan fingerprint density at radius 2 is 2.08 bits per heavy atom. The number of nitrogens with one attached hydrogen (secondary N) is 3. The number of hydrogen-bond donors (Lipinski definition) is 3. The van der Waals surface area contributed by atoms with Crippen LogP contribution in [0.4, 0.5) is 17.6 Å². The summed E-state index contributed by atoms with van der Waals surface area (Å²) in [5.74, 6) is 2.41. The standard InChI is InChI=1S/C19H21ClN6/c1-2-15(12-6-4-3-5-7-12)22-19-21-11-14(20)18(24-19)23-17-10-16(25-26-17)13-8-9-13/h3-7,10-11,13,15H,2,8-9H2,1H3,(H3,21,22,23,24,25,26). The highest BCUT2D eigenvalue weighted by molar-refractivity contribution is 6.32. The summed E-state index contributed by atoms with van der Waals surface area (Å²) >= 11 is 6.26. The van der Waals surface area contributed by atoms with Gasteiger partial charge >= 0.3 is 0 Å². The molecule has 0 amide bonds. The lowest BCUT2D eigenvalue weighted by atomic mass is 10.1. The molecular weight excluding hydrogens is 348 g/mol. The van der Waals surface area contributed by atoms with Crippen LogP contribution in [0.5, 0.6) is 0 Å². The van der Waals surface area contributed by atoms with Gasteiger partial charge in [0.25, 0.3) is 0 Å². The van der Waals surface area contributed by atoms with Gasteiger partial charge in [-0.1, -0.05) is 48.9 Å². The number of rotatable bonds is 7. The quantitative estimate of drug-likeness (QED) is 0.544. The van der Waals surface area contributed by atoms with Gasteiger partial charge in [0.15, 0.2) is 11.6 Å². The molecule has 0 aliphatic heterocycles. The van der Waals surface area contributed by atoms with Crippen LogP contribution in [-0.4, -0.2) is 20.2 Å². The average molecular weight is 369 g/mol. The largest absolute Gasteiger partial charge is 0.347 e. The number of aromatic nitrogens is 4. The van der Waals surface area contributed by atoms with Crippen molar-refractivity contribution in [2.24, 2.45) is 0 Å². The Labute approximate surface area is 157 Å². The highest BCUT2D eigenvalue weighted by Gasteiger charge is 2.25. The zero-order chi connectivity index (χ0) is 17.9. The van der Waals surface area contributed by atoms with E-state index in [2.05, 4.69) is 49.9 Å². The van der Waals surface area contributed by atoms with Crippen LogP contribution in [-0.2, 0) is 0 Å². The van der Waals surface area contributed by atoms with Crippen LogP contribution in [0.3, 0.4) is 0 Å². The van der Waals surface area contributed by atoms with Crippen molar-refractivity contribution in [3.05, 3.63) is 58.9 Å². The van der Waals surface area contributed by atoms with Crippen molar-refractivity contribution in [1.29, 1.82) is 0 Å². The molecule has 1 aromatic carbocycles. The predicted octanol–water partition coefficient (Wildman–Crippen LogP) is 5.04. The summed E-state index contributed by atoms with van der Waals surface area (Å²) in [5, 5.41) is 14.4. The Kier molecular flexibility index (Phi) is 4.75. The number of hydrogen-bond acceptors (Lipinski definition) is 5. The second kappa shape index (κ2) is 7.33. The molecule has 0 radical (unpaired) electrons. The molecule has 26 heavy (non-hydrogen) atoms. The Hall–Kier alpha value is -2.60. The van der Waals surface area contributed by atoms with Gasteiger partial charge in [-0.25, -0.2) is 4.98 Å². The lowest BCUT2D eigenvalue weighted by Gasteiger charge is -2.18. The van der Waals surface area contributed by atoms with Crippen molar-refractivity contribution >= 4 is 29.2 Å². The van der Waals surface area contributed by atoms with Gasteiger partial charge in [-0.3, -0.25) is 5.10 Å². The average Bonchev–Trinajstić information content (AvgIpc) is 3.42. The zero-order valence-electron chi connectivity index (χ0n) is 14.5. The lowest BCUT2D eigenvalue weighted by Crippen LogP contribution is -2.12. The Balaban J connectivity index is 1.51. The summed E-state index contributed by atoms with van der Waals surface area (Å²) in [4.78, 5) is 8.85. The van der Waals surface area contributed by atoms with Crippen molar-refractivity contribution in [1.82, 2.24) is 20.2 Å². The fraction of sp³-hybridized carbons (Fsp3) is 0.316. The molecule has 3 N–H and O–H groups in total. The lowest BCUT2D eigenvalue weighted by molar-refractivity contribution is 0.738. The number of benzene rings is 1. The number of H-pyrrole nitrogens is 1. The minimum Gasteiger partial charge on any atom is -0.347 e. The van der Waals surface area contributed by atoms with Crippen LogP contribution < -0.4 is 10.6 Å². The van der Waals surface area contributed by atoms with E-state index in [9.17, 15) is 0 Å². The van der Waals surface area contributed by atoms with Crippen LogP contribution >= 0.6 is 11.6 Å². The van der Waals surface area contributed by atoms with E-state index in [1.54, 1.807) is 6.20 Å². The summed E-state index contributed by atoms with van der Waals surface area (Å²) in [5.41, 5.74) is 2.36. The molecule has 2 heterocycles. The molecule has 1 aliphatic rings. The topological polar surface area (TPSA) is 78.5 Å². The predicted molar refractivity (Wildman–Crippen MR) is 104 cm³/mol. The van der Waals surface area contributed by atoms with E-state index in [1.165, 1.54) is 18.4 Å². The van der Waals surface area contributed by atoms with Gasteiger partial charge < -0.3 is 10.6 Å². The minimum absolute atomic E-state index is 0.136. The number of anilines is 3. The van der Waals surface area contributed by atoms with Crippen molar-refractivity contribution in [2.45, 2.75) is 38.1 Å². The first-order valence-electron chi connectivity index (χ1n) is 8.89. The highest BCUT2D eigenvalue weighted by Crippen LogP contribution is 2.39. The van der Waals surface area contributed by atoms with E-state index in [1.807, 2.05) is 24.3 Å². The van der Waals surface area contributed by atoms with Crippen molar-refractivity contribution in [2.75, 3.05) is 10.6 Å². The normalized spacial score (nSPS) is 14.8. The molecule has 7 heteroatoms. The van der Waals surface area contributed by atoms with Gasteiger partial charge in [0.05, 0.1) is 12.2 Å². The summed E-state index contributed by atoms with van der Waals surface area (Å²) in [6.07, 6.45) is 4.97. The van der Waals surface area contributed by atoms with Gasteiger partial charge in [-0.05, 0) is 24.8 Å². The summed E-state index contributed by atoms with van der Waals surface area (Å²) in [6.45, 7) is 2.13. The number of aromatic amines is 1. The molecule has 1 saturated carbocycles. The van der Waals surface area contributed by atoms with Crippen molar-refractivity contribution < 1.29 is 0 Å². The molecular formula is C19H21ClN6. The maximum Gasteiger partial charge on any atom is 0.225 e. The van der Waals surface area contributed by atoms with Crippen molar-refractivity contribution in [3.63, 3.8) is 0 Å². The number of nitrogens with zero attached hydrogens (tertiary/aromatic N) is 3. The van der Waals surface area contributed by atoms with Gasteiger partial charge in [0, 0.05) is 17.7 Å². The van der Waals surface area contributed by atoms with Crippen molar-refractivity contribution in [3.8, 4) is 0 Å². The zero-order valence-corrected chi connectivity index (χ0v) is 15.3. The molecule has 3 aromatic rings. The van der Waals surface area contributed by atoms with E-state index in [0.29, 0.717) is 28.5 Å². The SMILES string of the molecule is CCC(Nc1ncc(Cl)c(Nc2cc(C3CC3)[nH]n2)n1)c1ccccc1. The molecule has 134 valence electrons. The Morgan fingerprint density at radius 1 is 1.27 bits per heavy atom. The summed E-state index contributed by atoms with van der Waals surface area (Å²) < 4.78 is 0. The molecule has 1 atom stereocenters. The van der Waals surface area contributed by atoms with E-state index >= 15 is 0 Å². The smallest absolute Gasteiger partial charge is 0.225 e. The van der Waals surface area contributed by atoms with Gasteiger partial charge in [-0.2, -0.15) is 10.1 Å². The minimum atomic E-state index is 0.136. The van der Waals surface area contributed by atoms with Crippen LogP contribution in [0.25, 0.3) is 0 Å². The third-order valence-corrected chi connectivity index (χ3v) is 4.80.